The van der Waals surface area contributed by atoms with Crippen molar-refractivity contribution in [1.29, 1.82) is 0 Å². The number of benzene rings is 1. The fraction of sp³-hybridized carbons (Fsp3) is 0.529. The number of amides is 2. The fourth-order valence-corrected chi connectivity index (χ4v) is 3.29. The van der Waals surface area contributed by atoms with Crippen LogP contribution < -0.4 is 5.32 Å². The number of halogens is 3. The van der Waals surface area contributed by atoms with Crippen molar-refractivity contribution in [2.45, 2.75) is 44.4 Å². The van der Waals surface area contributed by atoms with Crippen molar-refractivity contribution in [3.63, 3.8) is 0 Å². The Morgan fingerprint density at radius 1 is 1.28 bits per heavy atom. The molecule has 1 aromatic carbocycles. The predicted molar refractivity (Wildman–Crippen MR) is 84.2 cm³/mol. The van der Waals surface area contributed by atoms with Crippen molar-refractivity contribution in [1.82, 2.24) is 4.90 Å². The minimum atomic E-state index is -4.49. The van der Waals surface area contributed by atoms with E-state index in [0.717, 1.165) is 12.1 Å². The Kier molecular flexibility index (Phi) is 3.78. The molecule has 0 aliphatic carbocycles. The minimum Gasteiger partial charge on any atom is -0.444 e. The first kappa shape index (κ1) is 17.6. The molecule has 1 spiro atoms. The van der Waals surface area contributed by atoms with Crippen LogP contribution in [0.2, 0.25) is 0 Å². The van der Waals surface area contributed by atoms with Gasteiger partial charge < -0.3 is 15.0 Å². The monoisotopic (exact) mass is 356 g/mol. The lowest BCUT2D eigenvalue weighted by molar-refractivity contribution is -0.137. The number of hydrogen-bond donors (Lipinski definition) is 1. The van der Waals surface area contributed by atoms with Crippen LogP contribution >= 0.6 is 0 Å². The number of carbonyl (C=O) groups excluding carboxylic acids is 2. The lowest BCUT2D eigenvalue weighted by Crippen LogP contribution is -2.41. The molecule has 0 bridgehead atoms. The summed E-state index contributed by atoms with van der Waals surface area (Å²) in [5.41, 5.74) is -2.00. The number of nitrogens with zero attached hydrogens (tertiary/aromatic N) is 1. The van der Waals surface area contributed by atoms with Gasteiger partial charge >= 0.3 is 12.3 Å². The highest BCUT2D eigenvalue weighted by Crippen LogP contribution is 2.46. The molecule has 5 nitrogen and oxygen atoms in total. The van der Waals surface area contributed by atoms with E-state index in [1.54, 1.807) is 20.8 Å². The molecule has 1 saturated heterocycles. The average Bonchev–Trinajstić information content (AvgIpc) is 3.01. The van der Waals surface area contributed by atoms with Gasteiger partial charge in [0.2, 0.25) is 5.91 Å². The first-order valence-corrected chi connectivity index (χ1v) is 7.93. The zero-order chi connectivity index (χ0) is 18.6. The van der Waals surface area contributed by atoms with Gasteiger partial charge in [-0.3, -0.25) is 4.79 Å². The topological polar surface area (TPSA) is 58.6 Å². The van der Waals surface area contributed by atoms with Crippen molar-refractivity contribution in [2.24, 2.45) is 0 Å². The number of fused-ring (bicyclic) bond motifs is 2. The van der Waals surface area contributed by atoms with Gasteiger partial charge in [-0.25, -0.2) is 4.79 Å². The Labute approximate surface area is 143 Å². The van der Waals surface area contributed by atoms with Crippen molar-refractivity contribution < 1.29 is 27.5 Å². The van der Waals surface area contributed by atoms with Crippen LogP contribution in [-0.2, 0) is 21.1 Å². The molecule has 25 heavy (non-hydrogen) atoms. The van der Waals surface area contributed by atoms with Gasteiger partial charge in [0.05, 0.1) is 11.0 Å². The number of hydrogen-bond acceptors (Lipinski definition) is 3. The number of anilines is 1. The maximum absolute atomic E-state index is 13.0. The van der Waals surface area contributed by atoms with E-state index >= 15 is 0 Å². The molecule has 2 aliphatic heterocycles. The molecule has 1 N–H and O–H groups in total. The van der Waals surface area contributed by atoms with Gasteiger partial charge in [0, 0.05) is 18.8 Å². The van der Waals surface area contributed by atoms with Gasteiger partial charge in [-0.15, -0.1) is 0 Å². The molecule has 0 unspecified atom stereocenters. The third-order valence-corrected chi connectivity index (χ3v) is 4.47. The van der Waals surface area contributed by atoms with Gasteiger partial charge in [-0.1, -0.05) is 0 Å². The normalized spacial score (nSPS) is 23.0. The summed E-state index contributed by atoms with van der Waals surface area (Å²) < 4.78 is 44.4. The Morgan fingerprint density at radius 3 is 2.56 bits per heavy atom. The minimum absolute atomic E-state index is 0.00204. The summed E-state index contributed by atoms with van der Waals surface area (Å²) in [7, 11) is 0. The van der Waals surface area contributed by atoms with Crippen molar-refractivity contribution >= 4 is 17.7 Å². The smallest absolute Gasteiger partial charge is 0.416 e. The molecule has 8 heteroatoms. The second-order valence-corrected chi connectivity index (χ2v) is 7.45. The summed E-state index contributed by atoms with van der Waals surface area (Å²) in [4.78, 5) is 26.1. The zero-order valence-corrected chi connectivity index (χ0v) is 14.2. The zero-order valence-electron chi connectivity index (χ0n) is 14.2. The molecule has 0 radical (unpaired) electrons. The van der Waals surface area contributed by atoms with E-state index in [9.17, 15) is 22.8 Å². The van der Waals surface area contributed by atoms with Crippen LogP contribution in [0.1, 0.15) is 38.3 Å². The molecule has 3 rings (SSSR count). The van der Waals surface area contributed by atoms with E-state index in [2.05, 4.69) is 5.32 Å². The standard InChI is InChI=1S/C17H19F3N2O3/c1-15(2,3)25-14(24)22-7-6-16(9-22)11-8-10(17(18,19)20)4-5-12(11)21-13(16)23/h4-5,8H,6-7,9H2,1-3H3,(H,21,23)/t16-/m0/s1. The van der Waals surface area contributed by atoms with Crippen molar-refractivity contribution in [3.05, 3.63) is 29.3 Å². The molecular weight excluding hydrogens is 337 g/mol. The lowest BCUT2D eigenvalue weighted by atomic mass is 9.80. The van der Waals surface area contributed by atoms with Crippen LogP contribution in [0, 0.1) is 0 Å². The number of ether oxygens (including phenoxy) is 1. The van der Waals surface area contributed by atoms with Gasteiger partial charge in [-0.05, 0) is 51.0 Å². The Balaban J connectivity index is 1.92. The van der Waals surface area contributed by atoms with E-state index in [0.29, 0.717) is 11.3 Å². The largest absolute Gasteiger partial charge is 0.444 e. The van der Waals surface area contributed by atoms with Crippen LogP contribution in [0.5, 0.6) is 0 Å². The number of nitrogens with one attached hydrogen (secondary N) is 1. The second kappa shape index (κ2) is 5.37. The Morgan fingerprint density at radius 2 is 1.96 bits per heavy atom. The summed E-state index contributed by atoms with van der Waals surface area (Å²) in [6.07, 6.45) is -4.81. The summed E-state index contributed by atoms with van der Waals surface area (Å²) in [5.74, 6) is -0.382. The van der Waals surface area contributed by atoms with E-state index in [1.165, 1.54) is 11.0 Å². The molecule has 1 aromatic rings. The molecule has 0 aromatic heterocycles. The summed E-state index contributed by atoms with van der Waals surface area (Å²) in [6, 6.07) is 3.21. The van der Waals surface area contributed by atoms with Gasteiger partial charge in [-0.2, -0.15) is 13.2 Å². The van der Waals surface area contributed by atoms with Crippen LogP contribution in [0.15, 0.2) is 18.2 Å². The first-order chi connectivity index (χ1) is 11.4. The van der Waals surface area contributed by atoms with Crippen LogP contribution in [0.4, 0.5) is 23.7 Å². The van der Waals surface area contributed by atoms with Gasteiger partial charge in [0.25, 0.3) is 0 Å². The quantitative estimate of drug-likeness (QED) is 0.774. The highest BCUT2D eigenvalue weighted by atomic mass is 19.4. The number of rotatable bonds is 0. The predicted octanol–water partition coefficient (Wildman–Crippen LogP) is 3.54. The summed E-state index contributed by atoms with van der Waals surface area (Å²) >= 11 is 0. The van der Waals surface area contributed by atoms with Crippen LogP contribution in [-0.4, -0.2) is 35.6 Å². The highest BCUT2D eigenvalue weighted by Gasteiger charge is 2.53. The SMILES string of the molecule is CC(C)(C)OC(=O)N1CC[C@@]2(C1)C(=O)Nc1ccc(C(F)(F)F)cc12. The number of likely N-dealkylation sites (tertiary alicyclic amines) is 1. The molecule has 136 valence electrons. The molecule has 1 fully saturated rings. The highest BCUT2D eigenvalue weighted by molar-refractivity contribution is 6.07. The van der Waals surface area contributed by atoms with Crippen molar-refractivity contribution in [2.75, 3.05) is 18.4 Å². The Hall–Kier alpha value is -2.25. The van der Waals surface area contributed by atoms with Crippen LogP contribution in [0.3, 0.4) is 0 Å². The summed E-state index contributed by atoms with van der Waals surface area (Å²) in [6.45, 7) is 5.43. The van der Waals surface area contributed by atoms with E-state index < -0.39 is 28.8 Å². The maximum atomic E-state index is 13.0. The molecule has 0 saturated carbocycles. The molecule has 2 amide bonds. The average molecular weight is 356 g/mol. The number of carbonyl (C=O) groups is 2. The van der Waals surface area contributed by atoms with Crippen molar-refractivity contribution in [3.8, 4) is 0 Å². The first-order valence-electron chi connectivity index (χ1n) is 7.93. The third kappa shape index (κ3) is 3.05. The number of alkyl halides is 3. The molecule has 2 aliphatic rings. The van der Waals surface area contributed by atoms with E-state index in [4.69, 9.17) is 4.74 Å². The lowest BCUT2D eigenvalue weighted by Gasteiger charge is -2.26. The fourth-order valence-electron chi connectivity index (χ4n) is 3.29. The van der Waals surface area contributed by atoms with E-state index in [1.807, 2.05) is 0 Å². The second-order valence-electron chi connectivity index (χ2n) is 7.45. The van der Waals surface area contributed by atoms with Gasteiger partial charge in [0.15, 0.2) is 0 Å². The molecule has 2 heterocycles. The maximum Gasteiger partial charge on any atom is 0.416 e. The van der Waals surface area contributed by atoms with Crippen LogP contribution in [0.25, 0.3) is 0 Å². The Bertz CT molecular complexity index is 740. The third-order valence-electron chi connectivity index (χ3n) is 4.47. The molecular formula is C17H19F3N2O3. The van der Waals surface area contributed by atoms with E-state index in [-0.39, 0.29) is 25.4 Å². The molecule has 1 atom stereocenters. The summed E-state index contributed by atoms with van der Waals surface area (Å²) in [5, 5.41) is 2.63. The van der Waals surface area contributed by atoms with Gasteiger partial charge in [0.1, 0.15) is 5.60 Å².